The van der Waals surface area contributed by atoms with Crippen LogP contribution in [-0.2, 0) is 9.59 Å². The second-order valence-electron chi connectivity index (χ2n) is 5.40. The largest absolute Gasteiger partial charge is 0.275 e. The van der Waals surface area contributed by atoms with Gasteiger partial charge in [0.2, 0.25) is 0 Å². The molecule has 3 nitrogen and oxygen atoms in total. The molecule has 0 aromatic rings. The highest BCUT2D eigenvalue weighted by Crippen LogP contribution is 2.18. The lowest BCUT2D eigenvalue weighted by Crippen LogP contribution is -2.31. The van der Waals surface area contributed by atoms with E-state index in [4.69, 9.17) is 0 Å². The van der Waals surface area contributed by atoms with Gasteiger partial charge in [-0.1, -0.05) is 25.2 Å². The molecule has 1 aliphatic heterocycles. The topological polar surface area (TPSA) is 37.4 Å². The van der Waals surface area contributed by atoms with Crippen LogP contribution in [0.1, 0.15) is 6.42 Å². The smallest absolute Gasteiger partial charge is 0.253 e. The summed E-state index contributed by atoms with van der Waals surface area (Å²) in [5, 5.41) is 0. The SMILES string of the molecule is C=C(CCN1C(=O)C=CC1=O)C[Si](C)(C)C. The Hall–Kier alpha value is -1.16. The van der Waals surface area contributed by atoms with Gasteiger partial charge < -0.3 is 0 Å². The minimum atomic E-state index is -1.13. The fraction of sp³-hybridized carbons (Fsp3) is 0.500. The maximum absolute atomic E-state index is 11.3. The Bertz CT molecular complexity index is 335. The summed E-state index contributed by atoms with van der Waals surface area (Å²) in [6, 6.07) is 1.05. The number of amides is 2. The zero-order chi connectivity index (χ0) is 12.3. The number of carbonyl (C=O) groups is 2. The molecule has 0 aromatic heterocycles. The Morgan fingerprint density at radius 1 is 1.25 bits per heavy atom. The number of hydrogen-bond donors (Lipinski definition) is 0. The highest BCUT2D eigenvalue weighted by Gasteiger charge is 2.23. The van der Waals surface area contributed by atoms with E-state index in [1.54, 1.807) is 0 Å². The molecule has 0 aliphatic carbocycles. The minimum Gasteiger partial charge on any atom is -0.275 e. The van der Waals surface area contributed by atoms with E-state index in [1.807, 2.05) is 0 Å². The third-order valence-corrected chi connectivity index (χ3v) is 3.93. The first-order chi connectivity index (χ1) is 7.29. The molecular formula is C12H19NO2Si. The summed E-state index contributed by atoms with van der Waals surface area (Å²) in [7, 11) is -1.13. The average molecular weight is 237 g/mol. The van der Waals surface area contributed by atoms with E-state index >= 15 is 0 Å². The van der Waals surface area contributed by atoms with Gasteiger partial charge in [0.15, 0.2) is 0 Å². The van der Waals surface area contributed by atoms with Crippen LogP contribution in [-0.4, -0.2) is 31.3 Å². The summed E-state index contributed by atoms with van der Waals surface area (Å²) in [4.78, 5) is 23.8. The molecule has 4 heteroatoms. The second kappa shape index (κ2) is 4.78. The van der Waals surface area contributed by atoms with Gasteiger partial charge in [0.1, 0.15) is 0 Å². The zero-order valence-corrected chi connectivity index (χ0v) is 11.2. The van der Waals surface area contributed by atoms with E-state index in [-0.39, 0.29) is 11.8 Å². The van der Waals surface area contributed by atoms with Crippen LogP contribution < -0.4 is 0 Å². The Balaban J connectivity index is 2.38. The summed E-state index contributed by atoms with van der Waals surface area (Å²) >= 11 is 0. The Kier molecular flexibility index (Phi) is 3.86. The summed E-state index contributed by atoms with van der Waals surface area (Å²) in [6.45, 7) is 11.3. The first-order valence-electron chi connectivity index (χ1n) is 5.50. The average Bonchev–Trinajstić information content (AvgIpc) is 2.41. The van der Waals surface area contributed by atoms with Crippen LogP contribution in [0.2, 0.25) is 25.7 Å². The summed E-state index contributed by atoms with van der Waals surface area (Å²) in [6.07, 6.45) is 3.37. The molecule has 1 aliphatic rings. The number of carbonyl (C=O) groups excluding carboxylic acids is 2. The van der Waals surface area contributed by atoms with Crippen LogP contribution in [0.25, 0.3) is 0 Å². The highest BCUT2D eigenvalue weighted by molar-refractivity contribution is 6.76. The molecule has 0 unspecified atom stereocenters. The summed E-state index contributed by atoms with van der Waals surface area (Å²) in [5.41, 5.74) is 1.15. The number of rotatable bonds is 5. The summed E-state index contributed by atoms with van der Waals surface area (Å²) < 4.78 is 0. The molecule has 0 aromatic carbocycles. The van der Waals surface area contributed by atoms with Crippen molar-refractivity contribution in [3.63, 3.8) is 0 Å². The predicted octanol–water partition coefficient (Wildman–Crippen LogP) is 2.20. The zero-order valence-electron chi connectivity index (χ0n) is 10.2. The molecule has 1 rings (SSSR count). The van der Waals surface area contributed by atoms with Crippen LogP contribution in [0.4, 0.5) is 0 Å². The van der Waals surface area contributed by atoms with Crippen LogP contribution in [0.15, 0.2) is 24.3 Å². The lowest BCUT2D eigenvalue weighted by molar-refractivity contribution is -0.136. The molecule has 88 valence electrons. The number of nitrogens with zero attached hydrogens (tertiary/aromatic N) is 1. The molecule has 0 radical (unpaired) electrons. The third-order valence-electron chi connectivity index (χ3n) is 2.37. The number of hydrogen-bond acceptors (Lipinski definition) is 2. The van der Waals surface area contributed by atoms with Crippen molar-refractivity contribution in [2.45, 2.75) is 32.1 Å². The van der Waals surface area contributed by atoms with Gasteiger partial charge in [-0.2, -0.15) is 0 Å². The van der Waals surface area contributed by atoms with Crippen molar-refractivity contribution in [2.24, 2.45) is 0 Å². The van der Waals surface area contributed by atoms with Crippen LogP contribution in [0, 0.1) is 0 Å². The van der Waals surface area contributed by atoms with Crippen molar-refractivity contribution >= 4 is 19.9 Å². The molecular weight excluding hydrogens is 218 g/mol. The van der Waals surface area contributed by atoms with Crippen LogP contribution >= 0.6 is 0 Å². The molecule has 0 fully saturated rings. The fourth-order valence-electron chi connectivity index (χ4n) is 1.76. The maximum atomic E-state index is 11.3. The maximum Gasteiger partial charge on any atom is 0.253 e. The van der Waals surface area contributed by atoms with E-state index in [2.05, 4.69) is 26.2 Å². The quantitative estimate of drug-likeness (QED) is 0.417. The van der Waals surface area contributed by atoms with Gasteiger partial charge in [0, 0.05) is 26.8 Å². The van der Waals surface area contributed by atoms with E-state index in [9.17, 15) is 9.59 Å². The second-order valence-corrected chi connectivity index (χ2v) is 10.9. The van der Waals surface area contributed by atoms with Crippen molar-refractivity contribution in [3.8, 4) is 0 Å². The van der Waals surface area contributed by atoms with Crippen molar-refractivity contribution in [1.82, 2.24) is 4.90 Å². The van der Waals surface area contributed by atoms with Crippen LogP contribution in [0.5, 0.6) is 0 Å². The first-order valence-corrected chi connectivity index (χ1v) is 9.20. The van der Waals surface area contributed by atoms with E-state index in [0.717, 1.165) is 18.0 Å². The molecule has 0 atom stereocenters. The molecule has 0 saturated carbocycles. The van der Waals surface area contributed by atoms with Crippen molar-refractivity contribution in [1.29, 1.82) is 0 Å². The molecule has 0 spiro atoms. The van der Waals surface area contributed by atoms with Crippen molar-refractivity contribution in [3.05, 3.63) is 24.3 Å². The molecule has 16 heavy (non-hydrogen) atoms. The van der Waals surface area contributed by atoms with Gasteiger partial charge in [-0.15, -0.1) is 6.58 Å². The molecule has 0 saturated heterocycles. The Labute approximate surface area is 97.8 Å². The molecule has 0 bridgehead atoms. The van der Waals surface area contributed by atoms with E-state index in [0.29, 0.717) is 6.54 Å². The third kappa shape index (κ3) is 3.77. The monoisotopic (exact) mass is 237 g/mol. The lowest BCUT2D eigenvalue weighted by Gasteiger charge is -2.19. The van der Waals surface area contributed by atoms with Crippen LogP contribution in [0.3, 0.4) is 0 Å². The van der Waals surface area contributed by atoms with Crippen molar-refractivity contribution in [2.75, 3.05) is 6.54 Å². The van der Waals surface area contributed by atoms with Crippen molar-refractivity contribution < 1.29 is 9.59 Å². The van der Waals surface area contributed by atoms with Gasteiger partial charge in [0.05, 0.1) is 0 Å². The molecule has 2 amide bonds. The predicted molar refractivity (Wildman–Crippen MR) is 67.8 cm³/mol. The normalized spacial score (nSPS) is 16.1. The van der Waals surface area contributed by atoms with Gasteiger partial charge >= 0.3 is 0 Å². The number of imide groups is 1. The van der Waals surface area contributed by atoms with Gasteiger partial charge in [-0.25, -0.2) is 0 Å². The Morgan fingerprint density at radius 2 is 1.75 bits per heavy atom. The summed E-state index contributed by atoms with van der Waals surface area (Å²) in [5.74, 6) is -0.406. The fourth-order valence-corrected chi connectivity index (χ4v) is 3.44. The van der Waals surface area contributed by atoms with E-state index in [1.165, 1.54) is 17.1 Å². The highest BCUT2D eigenvalue weighted by atomic mass is 28.3. The minimum absolute atomic E-state index is 0.203. The Morgan fingerprint density at radius 3 is 2.19 bits per heavy atom. The lowest BCUT2D eigenvalue weighted by atomic mass is 10.2. The first kappa shape index (κ1) is 12.9. The van der Waals surface area contributed by atoms with Gasteiger partial charge in [-0.05, 0) is 12.5 Å². The van der Waals surface area contributed by atoms with E-state index < -0.39 is 8.07 Å². The standard InChI is InChI=1S/C12H19NO2Si/c1-10(9-16(2,3)4)7-8-13-11(14)5-6-12(13)15/h5-6H,1,7-9H2,2-4H3. The molecule has 1 heterocycles. The molecule has 0 N–H and O–H groups in total. The van der Waals surface area contributed by atoms with Gasteiger partial charge in [-0.3, -0.25) is 14.5 Å². The van der Waals surface area contributed by atoms with Gasteiger partial charge in [0.25, 0.3) is 11.8 Å².